The summed E-state index contributed by atoms with van der Waals surface area (Å²) < 4.78 is 13.6. The summed E-state index contributed by atoms with van der Waals surface area (Å²) in [5, 5.41) is 0. The van der Waals surface area contributed by atoms with E-state index in [1.165, 1.54) is 18.9 Å². The quantitative estimate of drug-likeness (QED) is 0.764. The van der Waals surface area contributed by atoms with Gasteiger partial charge in [0.05, 0.1) is 11.3 Å². The van der Waals surface area contributed by atoms with Gasteiger partial charge in [0.15, 0.2) is 6.29 Å². The van der Waals surface area contributed by atoms with E-state index in [4.69, 9.17) is 0 Å². The lowest BCUT2D eigenvalue weighted by molar-refractivity contribution is 0.112. The fraction of sp³-hybridized carbons (Fsp3) is 0.562. The van der Waals surface area contributed by atoms with Gasteiger partial charge in [0.2, 0.25) is 0 Å². The molecule has 0 atom stereocenters. The number of benzene rings is 1. The monoisotopic (exact) mass is 263 g/mol. The molecule has 0 radical (unpaired) electrons. The third-order valence-electron chi connectivity index (χ3n) is 4.81. The number of hydrogen-bond acceptors (Lipinski definition) is 2. The number of aldehydes is 1. The minimum absolute atomic E-state index is 0.197. The summed E-state index contributed by atoms with van der Waals surface area (Å²) in [6.45, 7) is 6.31. The van der Waals surface area contributed by atoms with Gasteiger partial charge in [0.25, 0.3) is 0 Å². The van der Waals surface area contributed by atoms with E-state index in [1.807, 2.05) is 6.07 Å². The number of carbonyl (C=O) groups excluding carboxylic acids is 1. The van der Waals surface area contributed by atoms with Crippen molar-refractivity contribution in [2.24, 2.45) is 5.41 Å². The predicted molar refractivity (Wildman–Crippen MR) is 76.2 cm³/mol. The second kappa shape index (κ2) is 5.72. The first-order valence-corrected chi connectivity index (χ1v) is 7.14. The number of anilines is 1. The zero-order valence-corrected chi connectivity index (χ0v) is 11.8. The molecule has 2 rings (SSSR count). The molecular weight excluding hydrogens is 241 g/mol. The Balaban J connectivity index is 2.18. The molecule has 0 aromatic heterocycles. The summed E-state index contributed by atoms with van der Waals surface area (Å²) in [5.74, 6) is -0.421. The average molecular weight is 263 g/mol. The first-order valence-electron chi connectivity index (χ1n) is 7.14. The van der Waals surface area contributed by atoms with Gasteiger partial charge in [-0.05, 0) is 30.4 Å². The van der Waals surface area contributed by atoms with E-state index < -0.39 is 5.82 Å². The Morgan fingerprint density at radius 2 is 1.89 bits per heavy atom. The molecule has 0 spiro atoms. The molecule has 0 N–H and O–H groups in total. The molecule has 2 nitrogen and oxygen atoms in total. The Morgan fingerprint density at radius 1 is 1.26 bits per heavy atom. The molecule has 1 fully saturated rings. The first-order chi connectivity index (χ1) is 9.15. The Kier molecular flexibility index (Phi) is 4.23. The summed E-state index contributed by atoms with van der Waals surface area (Å²) in [5.41, 5.74) is 1.38. The summed E-state index contributed by atoms with van der Waals surface area (Å²) in [6, 6.07) is 4.87. The number of hydrogen-bond donors (Lipinski definition) is 0. The van der Waals surface area contributed by atoms with Gasteiger partial charge in [-0.1, -0.05) is 32.8 Å². The number of carbonyl (C=O) groups is 1. The van der Waals surface area contributed by atoms with E-state index in [9.17, 15) is 9.18 Å². The Bertz CT molecular complexity index is 444. The summed E-state index contributed by atoms with van der Waals surface area (Å²) in [7, 11) is 0. The third kappa shape index (κ3) is 2.65. The molecule has 19 heavy (non-hydrogen) atoms. The second-order valence-corrected chi connectivity index (χ2v) is 5.48. The van der Waals surface area contributed by atoms with Gasteiger partial charge in [-0.3, -0.25) is 4.79 Å². The lowest BCUT2D eigenvalue weighted by Crippen LogP contribution is -2.40. The highest BCUT2D eigenvalue weighted by Gasteiger charge is 2.31. The molecule has 104 valence electrons. The molecule has 1 saturated heterocycles. The van der Waals surface area contributed by atoms with Gasteiger partial charge < -0.3 is 4.90 Å². The third-order valence-corrected chi connectivity index (χ3v) is 4.81. The van der Waals surface area contributed by atoms with Crippen LogP contribution in [-0.2, 0) is 0 Å². The molecule has 1 aromatic rings. The smallest absolute Gasteiger partial charge is 0.155 e. The highest BCUT2D eigenvalue weighted by molar-refractivity contribution is 5.85. The molecule has 0 aliphatic carbocycles. The number of piperidine rings is 1. The van der Waals surface area contributed by atoms with Crippen LogP contribution in [0.5, 0.6) is 0 Å². The van der Waals surface area contributed by atoms with Crippen molar-refractivity contribution in [3.8, 4) is 0 Å². The van der Waals surface area contributed by atoms with Crippen molar-refractivity contribution >= 4 is 12.0 Å². The number of rotatable bonds is 4. The standard InChI is InChI=1S/C16H22FNO/c1-3-16(4-2)8-10-18(11-9-16)15-7-5-6-14(17)13(15)12-19/h5-7,12H,3-4,8-11H2,1-2H3. The van der Waals surface area contributed by atoms with E-state index in [1.54, 1.807) is 6.07 Å². The van der Waals surface area contributed by atoms with Crippen molar-refractivity contribution in [2.75, 3.05) is 18.0 Å². The lowest BCUT2D eigenvalue weighted by atomic mass is 9.74. The van der Waals surface area contributed by atoms with E-state index >= 15 is 0 Å². The summed E-state index contributed by atoms with van der Waals surface area (Å²) in [6.07, 6.45) is 5.26. The lowest BCUT2D eigenvalue weighted by Gasteiger charge is -2.42. The minimum Gasteiger partial charge on any atom is -0.371 e. The maximum Gasteiger partial charge on any atom is 0.155 e. The van der Waals surface area contributed by atoms with Crippen LogP contribution in [0.2, 0.25) is 0 Å². The molecule has 0 bridgehead atoms. The van der Waals surface area contributed by atoms with Crippen molar-refractivity contribution in [1.82, 2.24) is 0 Å². The molecular formula is C16H22FNO. The van der Waals surface area contributed by atoms with Crippen molar-refractivity contribution in [1.29, 1.82) is 0 Å². The van der Waals surface area contributed by atoms with E-state index in [0.29, 0.717) is 11.7 Å². The van der Waals surface area contributed by atoms with Crippen LogP contribution in [0.4, 0.5) is 10.1 Å². The zero-order chi connectivity index (χ0) is 13.9. The maximum absolute atomic E-state index is 13.6. The molecule has 1 aliphatic heterocycles. The van der Waals surface area contributed by atoms with Crippen LogP contribution < -0.4 is 4.90 Å². The van der Waals surface area contributed by atoms with E-state index in [2.05, 4.69) is 18.7 Å². The van der Waals surface area contributed by atoms with Gasteiger partial charge in [0.1, 0.15) is 5.82 Å². The molecule has 1 aromatic carbocycles. The molecule has 1 heterocycles. The largest absolute Gasteiger partial charge is 0.371 e. The van der Waals surface area contributed by atoms with Crippen LogP contribution in [0, 0.1) is 11.2 Å². The molecule has 0 amide bonds. The van der Waals surface area contributed by atoms with Gasteiger partial charge >= 0.3 is 0 Å². The molecule has 0 saturated carbocycles. The second-order valence-electron chi connectivity index (χ2n) is 5.48. The topological polar surface area (TPSA) is 20.3 Å². The van der Waals surface area contributed by atoms with E-state index in [0.717, 1.165) is 31.6 Å². The van der Waals surface area contributed by atoms with Crippen molar-refractivity contribution in [2.45, 2.75) is 39.5 Å². The van der Waals surface area contributed by atoms with Crippen LogP contribution >= 0.6 is 0 Å². The summed E-state index contributed by atoms with van der Waals surface area (Å²) >= 11 is 0. The van der Waals surface area contributed by atoms with Gasteiger partial charge in [-0.25, -0.2) is 4.39 Å². The Hall–Kier alpha value is -1.38. The van der Waals surface area contributed by atoms with Gasteiger partial charge in [-0.2, -0.15) is 0 Å². The predicted octanol–water partition coefficient (Wildman–Crippen LogP) is 4.04. The minimum atomic E-state index is -0.421. The Labute approximate surface area is 114 Å². The zero-order valence-electron chi connectivity index (χ0n) is 11.8. The first kappa shape index (κ1) is 14.0. The van der Waals surface area contributed by atoms with Crippen LogP contribution in [-0.4, -0.2) is 19.4 Å². The van der Waals surface area contributed by atoms with Crippen LogP contribution in [0.3, 0.4) is 0 Å². The Morgan fingerprint density at radius 3 is 2.42 bits per heavy atom. The highest BCUT2D eigenvalue weighted by Crippen LogP contribution is 2.39. The molecule has 1 aliphatic rings. The normalized spacial score (nSPS) is 18.4. The number of nitrogens with zero attached hydrogens (tertiary/aromatic N) is 1. The van der Waals surface area contributed by atoms with Gasteiger partial charge in [-0.15, -0.1) is 0 Å². The SMILES string of the molecule is CCC1(CC)CCN(c2cccc(F)c2C=O)CC1. The summed E-state index contributed by atoms with van der Waals surface area (Å²) in [4.78, 5) is 13.2. The fourth-order valence-electron chi connectivity index (χ4n) is 3.10. The van der Waals surface area contributed by atoms with Gasteiger partial charge in [0, 0.05) is 13.1 Å². The van der Waals surface area contributed by atoms with Crippen molar-refractivity contribution < 1.29 is 9.18 Å². The van der Waals surface area contributed by atoms with Crippen molar-refractivity contribution in [3.63, 3.8) is 0 Å². The highest BCUT2D eigenvalue weighted by atomic mass is 19.1. The fourth-order valence-corrected chi connectivity index (χ4v) is 3.10. The van der Waals surface area contributed by atoms with E-state index in [-0.39, 0.29) is 5.56 Å². The maximum atomic E-state index is 13.6. The number of halogens is 1. The average Bonchev–Trinajstić information content (AvgIpc) is 2.47. The van der Waals surface area contributed by atoms with Crippen LogP contribution in [0.15, 0.2) is 18.2 Å². The van der Waals surface area contributed by atoms with Crippen LogP contribution in [0.25, 0.3) is 0 Å². The van der Waals surface area contributed by atoms with Crippen LogP contribution in [0.1, 0.15) is 49.9 Å². The molecule has 0 unspecified atom stereocenters. The van der Waals surface area contributed by atoms with Crippen molar-refractivity contribution in [3.05, 3.63) is 29.6 Å². The molecule has 3 heteroatoms.